The molecule has 2 aliphatic rings. The molecule has 4 nitrogen and oxygen atoms in total. The smallest absolute Gasteiger partial charge is 0.244 e. The summed E-state index contributed by atoms with van der Waals surface area (Å²) in [7, 11) is 0. The van der Waals surface area contributed by atoms with Gasteiger partial charge in [-0.05, 0) is 36.6 Å². The van der Waals surface area contributed by atoms with E-state index in [0.29, 0.717) is 0 Å². The molecule has 0 bridgehead atoms. The zero-order chi connectivity index (χ0) is 12.6. The first kappa shape index (κ1) is 14.2. The molecule has 5 heteroatoms. The van der Waals surface area contributed by atoms with Gasteiger partial charge in [-0.2, -0.15) is 0 Å². The number of hydrogen-bond donors (Lipinski definition) is 2. The average Bonchev–Trinajstić information content (AvgIpc) is 2.98. The van der Waals surface area contributed by atoms with Crippen molar-refractivity contribution in [3.8, 4) is 5.75 Å². The van der Waals surface area contributed by atoms with Gasteiger partial charge < -0.3 is 15.8 Å². The average molecular weight is 283 g/mol. The minimum absolute atomic E-state index is 0. The quantitative estimate of drug-likeness (QED) is 0.874. The van der Waals surface area contributed by atoms with Crippen molar-refractivity contribution in [3.63, 3.8) is 0 Å². The van der Waals surface area contributed by atoms with Crippen LogP contribution in [0.2, 0.25) is 0 Å². The van der Waals surface area contributed by atoms with E-state index in [-0.39, 0.29) is 18.3 Å². The van der Waals surface area contributed by atoms with Crippen LogP contribution in [-0.2, 0) is 11.2 Å². The molecule has 19 heavy (non-hydrogen) atoms. The highest BCUT2D eigenvalue weighted by atomic mass is 35.5. The van der Waals surface area contributed by atoms with Gasteiger partial charge in [-0.15, -0.1) is 12.4 Å². The first-order valence-corrected chi connectivity index (χ1v) is 6.53. The fourth-order valence-corrected chi connectivity index (χ4v) is 2.75. The maximum Gasteiger partial charge on any atom is 0.244 e. The third-order valence-corrected chi connectivity index (χ3v) is 3.90. The van der Waals surface area contributed by atoms with E-state index in [1.165, 1.54) is 0 Å². The molecule has 1 amide bonds. The summed E-state index contributed by atoms with van der Waals surface area (Å²) < 4.78 is 5.44. The van der Waals surface area contributed by atoms with Crippen LogP contribution >= 0.6 is 12.4 Å². The Kier molecular flexibility index (Phi) is 4.02. The summed E-state index contributed by atoms with van der Waals surface area (Å²) in [6.07, 6.45) is 4.57. The molecule has 1 aliphatic carbocycles. The van der Waals surface area contributed by atoms with Gasteiger partial charge in [-0.1, -0.05) is 12.8 Å². The molecule has 0 unspecified atom stereocenters. The summed E-state index contributed by atoms with van der Waals surface area (Å²) in [5, 5.41) is 2.93. The van der Waals surface area contributed by atoms with Crippen molar-refractivity contribution in [2.24, 2.45) is 5.73 Å². The van der Waals surface area contributed by atoms with E-state index in [1.54, 1.807) is 0 Å². The molecular weight excluding hydrogens is 264 g/mol. The molecule has 0 atom stereocenters. The molecule has 1 saturated carbocycles. The minimum Gasteiger partial charge on any atom is -0.493 e. The van der Waals surface area contributed by atoms with Crippen molar-refractivity contribution in [2.45, 2.75) is 37.6 Å². The molecule has 0 radical (unpaired) electrons. The van der Waals surface area contributed by atoms with Crippen LogP contribution in [-0.4, -0.2) is 18.1 Å². The molecular formula is C14H19ClN2O2. The number of ether oxygens (including phenoxy) is 1. The second-order valence-corrected chi connectivity index (χ2v) is 5.24. The van der Waals surface area contributed by atoms with Crippen molar-refractivity contribution >= 4 is 24.0 Å². The third-order valence-electron chi connectivity index (χ3n) is 3.90. The first-order chi connectivity index (χ1) is 8.67. The zero-order valence-corrected chi connectivity index (χ0v) is 11.6. The predicted molar refractivity (Wildman–Crippen MR) is 76.9 cm³/mol. The summed E-state index contributed by atoms with van der Waals surface area (Å²) in [5.41, 5.74) is 7.43. The second kappa shape index (κ2) is 5.39. The molecule has 1 aromatic carbocycles. The van der Waals surface area contributed by atoms with Gasteiger partial charge in [-0.25, -0.2) is 0 Å². The van der Waals surface area contributed by atoms with Gasteiger partial charge in [0.1, 0.15) is 5.75 Å². The van der Waals surface area contributed by atoms with Gasteiger partial charge in [0, 0.05) is 12.1 Å². The molecule has 0 saturated heterocycles. The van der Waals surface area contributed by atoms with Crippen LogP contribution in [0, 0.1) is 0 Å². The van der Waals surface area contributed by atoms with E-state index in [2.05, 4.69) is 5.32 Å². The number of carbonyl (C=O) groups is 1. The number of fused-ring (bicyclic) bond motifs is 1. The van der Waals surface area contributed by atoms with Gasteiger partial charge >= 0.3 is 0 Å². The van der Waals surface area contributed by atoms with Crippen molar-refractivity contribution in [1.29, 1.82) is 0 Å². The number of nitrogens with one attached hydrogen (secondary N) is 1. The van der Waals surface area contributed by atoms with Gasteiger partial charge in [-0.3, -0.25) is 4.79 Å². The van der Waals surface area contributed by atoms with Crippen LogP contribution in [0.4, 0.5) is 5.69 Å². The Balaban J connectivity index is 0.00000133. The standard InChI is InChI=1S/C14H18N2O2.ClH/c15-14(6-1-2-7-14)13(17)16-11-3-4-12-10(9-11)5-8-18-12;/h3-4,9H,1-2,5-8,15H2,(H,16,17);1H. The van der Waals surface area contributed by atoms with Crippen LogP contribution in [0.5, 0.6) is 5.75 Å². The highest BCUT2D eigenvalue weighted by Crippen LogP contribution is 2.30. The molecule has 104 valence electrons. The van der Waals surface area contributed by atoms with Crippen LogP contribution in [0.3, 0.4) is 0 Å². The van der Waals surface area contributed by atoms with E-state index in [0.717, 1.165) is 55.7 Å². The Morgan fingerprint density at radius 3 is 2.79 bits per heavy atom. The third kappa shape index (κ3) is 2.69. The number of anilines is 1. The fraction of sp³-hybridized carbons (Fsp3) is 0.500. The van der Waals surface area contributed by atoms with E-state index in [4.69, 9.17) is 10.5 Å². The minimum atomic E-state index is -0.671. The van der Waals surface area contributed by atoms with E-state index in [9.17, 15) is 4.79 Å². The Bertz CT molecular complexity index is 484. The summed E-state index contributed by atoms with van der Waals surface area (Å²) in [4.78, 5) is 12.2. The number of nitrogens with two attached hydrogens (primary N) is 1. The highest BCUT2D eigenvalue weighted by Gasteiger charge is 2.37. The van der Waals surface area contributed by atoms with Crippen molar-refractivity contribution in [3.05, 3.63) is 23.8 Å². The fourth-order valence-electron chi connectivity index (χ4n) is 2.75. The zero-order valence-electron chi connectivity index (χ0n) is 10.8. The lowest BCUT2D eigenvalue weighted by Crippen LogP contribution is -2.48. The van der Waals surface area contributed by atoms with Gasteiger partial charge in [0.25, 0.3) is 0 Å². The Morgan fingerprint density at radius 1 is 1.32 bits per heavy atom. The second-order valence-electron chi connectivity index (χ2n) is 5.24. The van der Waals surface area contributed by atoms with E-state index < -0.39 is 5.54 Å². The number of benzene rings is 1. The number of rotatable bonds is 2. The van der Waals surface area contributed by atoms with Gasteiger partial charge in [0.05, 0.1) is 12.1 Å². The Hall–Kier alpha value is -1.26. The van der Waals surface area contributed by atoms with Crippen molar-refractivity contribution < 1.29 is 9.53 Å². The molecule has 0 spiro atoms. The maximum absolute atomic E-state index is 12.2. The number of hydrogen-bond acceptors (Lipinski definition) is 3. The lowest BCUT2D eigenvalue weighted by molar-refractivity contribution is -0.121. The number of carbonyl (C=O) groups excluding carboxylic acids is 1. The van der Waals surface area contributed by atoms with Crippen molar-refractivity contribution in [2.75, 3.05) is 11.9 Å². The van der Waals surface area contributed by atoms with Gasteiger partial charge in [0.2, 0.25) is 5.91 Å². The monoisotopic (exact) mass is 282 g/mol. The Morgan fingerprint density at radius 2 is 2.05 bits per heavy atom. The van der Waals surface area contributed by atoms with Crippen molar-refractivity contribution in [1.82, 2.24) is 0 Å². The number of amides is 1. The largest absolute Gasteiger partial charge is 0.493 e. The lowest BCUT2D eigenvalue weighted by Gasteiger charge is -2.22. The van der Waals surface area contributed by atoms with Crippen LogP contribution in [0.25, 0.3) is 0 Å². The highest BCUT2D eigenvalue weighted by molar-refractivity contribution is 5.98. The summed E-state index contributed by atoms with van der Waals surface area (Å²) in [5.74, 6) is 0.871. The summed E-state index contributed by atoms with van der Waals surface area (Å²) in [6, 6.07) is 5.77. The molecule has 3 N–H and O–H groups in total. The topological polar surface area (TPSA) is 64.4 Å². The maximum atomic E-state index is 12.2. The summed E-state index contributed by atoms with van der Waals surface area (Å²) in [6.45, 7) is 0.730. The van der Waals surface area contributed by atoms with Crippen LogP contribution in [0.15, 0.2) is 18.2 Å². The first-order valence-electron chi connectivity index (χ1n) is 6.53. The summed E-state index contributed by atoms with van der Waals surface area (Å²) >= 11 is 0. The van der Waals surface area contributed by atoms with Crippen LogP contribution in [0.1, 0.15) is 31.2 Å². The molecule has 3 rings (SSSR count). The Labute approximate surface area is 119 Å². The molecule has 1 aliphatic heterocycles. The van der Waals surface area contributed by atoms with Gasteiger partial charge in [0.15, 0.2) is 0 Å². The molecule has 1 aromatic rings. The van der Waals surface area contributed by atoms with E-state index in [1.807, 2.05) is 18.2 Å². The number of halogens is 1. The normalized spacial score (nSPS) is 19.2. The molecule has 1 heterocycles. The van der Waals surface area contributed by atoms with Crippen LogP contribution < -0.4 is 15.8 Å². The molecule has 1 fully saturated rings. The van der Waals surface area contributed by atoms with E-state index >= 15 is 0 Å². The SMILES string of the molecule is Cl.NC1(C(=O)Nc2ccc3c(c2)CCO3)CCCC1. The predicted octanol–water partition coefficient (Wildman–Crippen LogP) is 2.25. The molecule has 0 aromatic heterocycles. The lowest BCUT2D eigenvalue weighted by atomic mass is 9.98.